The number of nitrogens with zero attached hydrogens (tertiary/aromatic N) is 8. The van der Waals surface area contributed by atoms with E-state index in [1.165, 1.54) is 113 Å². The number of allylic oxidation sites excluding steroid dienone is 2. The van der Waals surface area contributed by atoms with Gasteiger partial charge in [0, 0.05) is 67.5 Å². The van der Waals surface area contributed by atoms with Gasteiger partial charge >= 0.3 is 0 Å². The number of likely N-dealkylation sites (N-methyl/N-ethyl adjacent to an activating group) is 7. The Morgan fingerprint density at radius 2 is 1.01 bits per heavy atom. The summed E-state index contributed by atoms with van der Waals surface area (Å²) in [5.41, 5.74) is -1.59. The Hall–Kier alpha value is -5.86. The van der Waals surface area contributed by atoms with E-state index < -0.39 is 161 Å². The van der Waals surface area contributed by atoms with Gasteiger partial charge in [-0.2, -0.15) is 11.8 Å². The first-order chi connectivity index (χ1) is 45.3. The Balaban J connectivity index is 4.61. The number of thioether (sulfide) groups is 1. The fraction of sp³-hybridized carbons (Fsp3) is 0.819. The highest BCUT2D eigenvalue weighted by Crippen LogP contribution is 2.27. The highest BCUT2D eigenvalue weighted by molar-refractivity contribution is 7.99. The van der Waals surface area contributed by atoms with Gasteiger partial charge in [-0.25, -0.2) is 0 Å². The minimum Gasteiger partial charge on any atom is -0.390 e. The molecule has 1 aliphatic heterocycles. The Morgan fingerprint density at radius 3 is 1.50 bits per heavy atom. The van der Waals surface area contributed by atoms with Gasteiger partial charge in [0.25, 0.3) is 0 Å². The molecule has 0 aromatic heterocycles. The first-order valence-electron chi connectivity index (χ1n) is 35.7. The first-order valence-corrected chi connectivity index (χ1v) is 36.8. The molecule has 0 aromatic carbocycles. The number of aliphatic hydroxyl groups is 2. The summed E-state index contributed by atoms with van der Waals surface area (Å²) in [5.74, 6) is -9.38. The number of amides is 11. The second-order valence-electron chi connectivity index (χ2n) is 30.2. The van der Waals surface area contributed by atoms with Crippen molar-refractivity contribution in [2.24, 2.45) is 35.5 Å². The summed E-state index contributed by atoms with van der Waals surface area (Å²) in [6.07, 6.45) is 3.60. The van der Waals surface area contributed by atoms with Gasteiger partial charge in [0.05, 0.1) is 11.7 Å². The lowest BCUT2D eigenvalue weighted by molar-refractivity contribution is -0.157. The van der Waals surface area contributed by atoms with E-state index in [-0.39, 0.29) is 68.1 Å². The Bertz CT molecular complexity index is 2650. The fourth-order valence-corrected chi connectivity index (χ4v) is 13.5. The van der Waals surface area contributed by atoms with E-state index in [4.69, 9.17) is 0 Å². The molecule has 1 saturated heterocycles. The predicted molar refractivity (Wildman–Crippen MR) is 388 cm³/mol. The zero-order chi connectivity index (χ0) is 75.9. The summed E-state index contributed by atoms with van der Waals surface area (Å²) in [5, 5.41) is 34.9. The van der Waals surface area contributed by atoms with Gasteiger partial charge < -0.3 is 70.7 Å². The third kappa shape index (κ3) is 26.6. The largest absolute Gasteiger partial charge is 0.390 e. The lowest BCUT2D eigenvalue weighted by Crippen LogP contribution is -2.64. The molecule has 1 aliphatic rings. The minimum atomic E-state index is -1.66. The number of hydrogen-bond donors (Lipinski definition) is 6. The van der Waals surface area contributed by atoms with Crippen molar-refractivity contribution >= 4 is 76.7 Å². The lowest BCUT2D eigenvalue weighted by atomic mass is 9.91. The number of nitrogens with one attached hydrogen (secondary N) is 4. The van der Waals surface area contributed by atoms with Crippen LogP contribution in [0.15, 0.2) is 12.2 Å². The van der Waals surface area contributed by atoms with Crippen LogP contribution in [0.2, 0.25) is 0 Å². The van der Waals surface area contributed by atoms with Crippen LogP contribution in [0.1, 0.15) is 190 Å². The highest BCUT2D eigenvalue weighted by atomic mass is 32.2. The fourth-order valence-electron chi connectivity index (χ4n) is 12.4. The molecule has 0 unspecified atom stereocenters. The molecule has 1 fully saturated rings. The first kappa shape index (κ1) is 90.2. The summed E-state index contributed by atoms with van der Waals surface area (Å²) in [6, 6.07) is -14.1. The number of hydrogen-bond acceptors (Lipinski definition) is 15. The summed E-state index contributed by atoms with van der Waals surface area (Å²) >= 11 is 1.41. The van der Waals surface area contributed by atoms with Crippen molar-refractivity contribution < 1.29 is 63.0 Å². The molecule has 0 aliphatic carbocycles. The molecule has 0 aromatic rings. The number of rotatable bonds is 24. The quantitative estimate of drug-likeness (QED) is 0.0548. The van der Waals surface area contributed by atoms with Crippen LogP contribution in [0.3, 0.4) is 0 Å². The Kier molecular flexibility index (Phi) is 38.4. The molecule has 1 rings (SSSR count). The van der Waals surface area contributed by atoms with Crippen molar-refractivity contribution in [1.82, 2.24) is 60.5 Å². The SMILES string of the molecule is C/C=C/C[C@@H](C)[C@@H](O)[C@H]1C(=O)N[C@H](CC)C(=O)N(C)[C@H](CSCCCN(CC)C(C)C)C(=O)N(C)[C@@H](CC(C)(C)O)C(=O)N[C@H](C(C)C)C(=O)N(C)[C@H](CC(C)C)C(=O)N[C@H](C)C(=O)N[C@@H](C)C(=O)N(C)[C@@H](CC(C)C)C(=O)N(C)[C@H](CCC(C)C)C(=O)N(C)[C@H](C(C)C)C(=O)N1C. The second kappa shape index (κ2) is 41.8. The average molecular weight is 1410 g/mol. The third-order valence-electron chi connectivity index (χ3n) is 18.8. The molecule has 0 saturated carbocycles. The van der Waals surface area contributed by atoms with E-state index in [9.17, 15) is 29.4 Å². The standard InChI is InChI=1S/C72H132N12O13S/c1-28-31-33-48(16)60(85)59-64(89)75-51(29-2)66(91)81(25)56(41-98-37-32-36-84(30-3)47(14)15)69(94)80(24)55(40-72(19,20)97)63(88)76-57(45(10)11)70(95)78(22)53(38-43(6)7)62(87)73-49(17)61(86)74-50(18)65(90)79(23)54(39-44(8)9)68(93)77(21)52(35-34-42(4)5)67(92)82(26)58(46(12)13)71(96)83(59)27/h28,31,42-60,85,97H,29-30,32-41H2,1-27H3,(H,73,87)(H,74,86)(H,75,89)(H,76,88)/b31-28+/t48-,49-,50+,51-,52-,53-,54+,55+,56-,57-,58-,59+,60-/m1/s1. The molecular formula is C72H132N12O13S. The van der Waals surface area contributed by atoms with E-state index in [0.29, 0.717) is 12.2 Å². The van der Waals surface area contributed by atoms with Gasteiger partial charge in [-0.05, 0) is 148 Å². The maximum atomic E-state index is 15.5. The van der Waals surface area contributed by atoms with Crippen LogP contribution in [0, 0.1) is 35.5 Å². The average Bonchev–Trinajstić information content (AvgIpc) is 0.805. The summed E-state index contributed by atoms with van der Waals surface area (Å²) < 4.78 is 0. The maximum absolute atomic E-state index is 15.5. The molecule has 564 valence electrons. The molecule has 1 heterocycles. The van der Waals surface area contributed by atoms with Crippen molar-refractivity contribution in [1.29, 1.82) is 0 Å². The van der Waals surface area contributed by atoms with Crippen LogP contribution in [0.25, 0.3) is 0 Å². The van der Waals surface area contributed by atoms with Crippen LogP contribution in [0.5, 0.6) is 0 Å². The monoisotopic (exact) mass is 1400 g/mol. The predicted octanol–water partition coefficient (Wildman–Crippen LogP) is 5.00. The smallest absolute Gasteiger partial charge is 0.246 e. The highest BCUT2D eigenvalue weighted by Gasteiger charge is 2.47. The molecule has 13 atom stereocenters. The van der Waals surface area contributed by atoms with Crippen molar-refractivity contribution in [3.8, 4) is 0 Å². The van der Waals surface area contributed by atoms with Gasteiger partial charge in [0.2, 0.25) is 65.0 Å². The second-order valence-corrected chi connectivity index (χ2v) is 31.3. The van der Waals surface area contributed by atoms with Gasteiger partial charge in [-0.1, -0.05) is 102 Å². The molecule has 6 N–H and O–H groups in total. The van der Waals surface area contributed by atoms with Crippen molar-refractivity contribution in [2.45, 2.75) is 274 Å². The van der Waals surface area contributed by atoms with E-state index >= 15 is 33.6 Å². The topological polar surface area (TPSA) is 302 Å². The van der Waals surface area contributed by atoms with E-state index in [1.54, 1.807) is 54.5 Å². The van der Waals surface area contributed by atoms with Crippen molar-refractivity contribution in [3.63, 3.8) is 0 Å². The zero-order valence-corrected chi connectivity index (χ0v) is 65.8. The minimum absolute atomic E-state index is 0.0246. The Morgan fingerprint density at radius 1 is 0.531 bits per heavy atom. The number of aliphatic hydroxyl groups excluding tert-OH is 1. The molecule has 0 radical (unpaired) electrons. The van der Waals surface area contributed by atoms with Crippen LogP contribution in [0.4, 0.5) is 0 Å². The number of carbonyl (C=O) groups is 11. The van der Waals surface area contributed by atoms with Crippen LogP contribution >= 0.6 is 11.8 Å². The summed E-state index contributed by atoms with van der Waals surface area (Å²) in [4.78, 5) is 176. The van der Waals surface area contributed by atoms with Crippen LogP contribution in [-0.4, -0.2) is 273 Å². The number of carbonyl (C=O) groups excluding carboxylic acids is 11. The van der Waals surface area contributed by atoms with Gasteiger partial charge in [-0.3, -0.25) is 52.7 Å². The molecule has 0 spiro atoms. The maximum Gasteiger partial charge on any atom is 0.246 e. The summed E-state index contributed by atoms with van der Waals surface area (Å²) in [6.45, 7) is 37.1. The lowest BCUT2D eigenvalue weighted by Gasteiger charge is -2.41. The molecule has 25 nitrogen and oxygen atoms in total. The molecule has 98 heavy (non-hydrogen) atoms. The van der Waals surface area contributed by atoms with Crippen LogP contribution in [-0.2, 0) is 52.7 Å². The third-order valence-corrected chi connectivity index (χ3v) is 20.0. The van der Waals surface area contributed by atoms with Crippen molar-refractivity contribution in [2.75, 3.05) is 73.9 Å². The van der Waals surface area contributed by atoms with Gasteiger partial charge in [0.1, 0.15) is 66.5 Å². The summed E-state index contributed by atoms with van der Waals surface area (Å²) in [7, 11) is 9.95. The molecule has 11 amide bonds. The molecular weight excluding hydrogens is 1270 g/mol. The van der Waals surface area contributed by atoms with E-state index in [1.807, 2.05) is 47.6 Å². The normalized spacial score (nSPS) is 25.9. The van der Waals surface area contributed by atoms with Crippen LogP contribution < -0.4 is 21.3 Å². The van der Waals surface area contributed by atoms with E-state index in [0.717, 1.165) is 29.3 Å². The molecule has 26 heteroatoms. The van der Waals surface area contributed by atoms with E-state index in [2.05, 4.69) is 46.9 Å². The Labute approximate surface area is 593 Å². The van der Waals surface area contributed by atoms with Gasteiger partial charge in [-0.15, -0.1) is 0 Å². The van der Waals surface area contributed by atoms with Crippen molar-refractivity contribution in [3.05, 3.63) is 12.2 Å². The zero-order valence-electron chi connectivity index (χ0n) is 65.0. The molecule has 0 bridgehead atoms. The van der Waals surface area contributed by atoms with Gasteiger partial charge in [0.15, 0.2) is 0 Å².